The van der Waals surface area contributed by atoms with Crippen LogP contribution in [0.25, 0.3) is 6.08 Å². The number of imide groups is 1. The van der Waals surface area contributed by atoms with Crippen LogP contribution >= 0.6 is 15.9 Å². The number of fused-ring (bicyclic) bond motifs is 5. The highest BCUT2D eigenvalue weighted by atomic mass is 79.9. The van der Waals surface area contributed by atoms with E-state index in [2.05, 4.69) is 15.9 Å². The quantitative estimate of drug-likeness (QED) is 0.341. The Labute approximate surface area is 212 Å². The van der Waals surface area contributed by atoms with E-state index in [4.69, 9.17) is 0 Å². The summed E-state index contributed by atoms with van der Waals surface area (Å²) in [4.78, 5) is 45.2. The summed E-state index contributed by atoms with van der Waals surface area (Å²) in [7, 11) is 0. The van der Waals surface area contributed by atoms with Crippen molar-refractivity contribution in [1.29, 1.82) is 0 Å². The van der Waals surface area contributed by atoms with Crippen LogP contribution in [0.1, 0.15) is 27.0 Å². The van der Waals surface area contributed by atoms with E-state index in [0.29, 0.717) is 11.3 Å². The Morgan fingerprint density at radius 3 is 2.31 bits per heavy atom. The third-order valence-electron chi connectivity index (χ3n) is 7.41. The van der Waals surface area contributed by atoms with Gasteiger partial charge in [0.25, 0.3) is 0 Å². The van der Waals surface area contributed by atoms with Crippen molar-refractivity contribution in [3.8, 4) is 0 Å². The monoisotopic (exact) mass is 526 g/mol. The van der Waals surface area contributed by atoms with Crippen molar-refractivity contribution >= 4 is 51.0 Å². The molecule has 0 spiro atoms. The van der Waals surface area contributed by atoms with Crippen LogP contribution in [-0.2, 0) is 9.59 Å². The van der Waals surface area contributed by atoms with Gasteiger partial charge in [-0.2, -0.15) is 0 Å². The molecule has 0 unspecified atom stereocenters. The number of para-hydroxylation sites is 1. The molecule has 2 amide bonds. The highest BCUT2D eigenvalue weighted by Crippen LogP contribution is 2.50. The highest BCUT2D eigenvalue weighted by molar-refractivity contribution is 9.10. The molecule has 3 aromatic rings. The molecule has 174 valence electrons. The van der Waals surface area contributed by atoms with Crippen molar-refractivity contribution < 1.29 is 14.4 Å². The zero-order chi connectivity index (χ0) is 24.4. The second-order valence-corrected chi connectivity index (χ2v) is 10.4. The molecule has 6 heteroatoms. The van der Waals surface area contributed by atoms with Gasteiger partial charge in [0.15, 0.2) is 5.78 Å². The summed E-state index contributed by atoms with van der Waals surface area (Å²) in [5.74, 6) is -2.08. The molecule has 0 saturated carbocycles. The third kappa shape index (κ3) is 3.23. The van der Waals surface area contributed by atoms with Gasteiger partial charge in [0.05, 0.1) is 23.6 Å². The van der Waals surface area contributed by atoms with Crippen LogP contribution in [0.3, 0.4) is 0 Å². The van der Waals surface area contributed by atoms with Crippen molar-refractivity contribution in [1.82, 2.24) is 0 Å². The number of carbonyl (C=O) groups is 3. The molecule has 5 nitrogen and oxygen atoms in total. The lowest BCUT2D eigenvalue weighted by atomic mass is 9.86. The molecule has 2 saturated heterocycles. The van der Waals surface area contributed by atoms with Gasteiger partial charge in [-0.15, -0.1) is 0 Å². The van der Waals surface area contributed by atoms with E-state index in [-0.39, 0.29) is 23.6 Å². The molecule has 3 aromatic carbocycles. The standard InChI is InChI=1S/C29H23BrN2O3/c1-16-7-13-21(17(2)15-16)32-28(34)24-23-14-10-18-5-3-4-6-22(18)31(23)26(25(24)29(32)35)27(33)19-8-11-20(30)12-9-19/h3-15,23-26H,1-2H3/t23-,24-,25-,26-/m0/s1. The molecule has 4 atom stereocenters. The number of anilines is 2. The number of rotatable bonds is 3. The molecular weight excluding hydrogens is 504 g/mol. The van der Waals surface area contributed by atoms with E-state index in [0.717, 1.165) is 26.9 Å². The Hall–Kier alpha value is -3.51. The average molecular weight is 527 g/mol. The first-order chi connectivity index (χ1) is 16.9. The second kappa shape index (κ2) is 8.02. The van der Waals surface area contributed by atoms with Crippen LogP contribution < -0.4 is 9.80 Å². The fourth-order valence-corrected chi connectivity index (χ4v) is 6.16. The summed E-state index contributed by atoms with van der Waals surface area (Å²) >= 11 is 3.43. The maximum atomic E-state index is 14.0. The summed E-state index contributed by atoms with van der Waals surface area (Å²) < 4.78 is 0.871. The van der Waals surface area contributed by atoms with E-state index in [1.807, 2.05) is 85.5 Å². The van der Waals surface area contributed by atoms with Gasteiger partial charge in [-0.1, -0.05) is 76.1 Å². The lowest BCUT2D eigenvalue weighted by Gasteiger charge is -2.36. The average Bonchev–Trinajstić information content (AvgIpc) is 3.32. The number of halogens is 1. The number of amides is 2. The molecule has 0 bridgehead atoms. The summed E-state index contributed by atoms with van der Waals surface area (Å²) in [6.07, 6.45) is 3.98. The van der Waals surface area contributed by atoms with E-state index < -0.39 is 17.9 Å². The van der Waals surface area contributed by atoms with E-state index >= 15 is 0 Å². The Morgan fingerprint density at radius 1 is 0.857 bits per heavy atom. The first kappa shape index (κ1) is 22.0. The highest BCUT2D eigenvalue weighted by Gasteiger charge is 2.64. The van der Waals surface area contributed by atoms with Crippen molar-refractivity contribution in [2.45, 2.75) is 25.9 Å². The fourth-order valence-electron chi connectivity index (χ4n) is 5.89. The predicted octanol–water partition coefficient (Wildman–Crippen LogP) is 5.34. The molecule has 3 heterocycles. The Morgan fingerprint density at radius 2 is 1.57 bits per heavy atom. The number of nitrogens with zero attached hydrogens (tertiary/aromatic N) is 2. The summed E-state index contributed by atoms with van der Waals surface area (Å²) in [6, 6.07) is 19.6. The van der Waals surface area contributed by atoms with Gasteiger partial charge in [-0.05, 0) is 49.2 Å². The van der Waals surface area contributed by atoms with E-state index in [9.17, 15) is 14.4 Å². The number of aryl methyl sites for hydroxylation is 2. The normalized spacial score (nSPS) is 24.4. The van der Waals surface area contributed by atoms with Crippen molar-refractivity contribution in [3.05, 3.63) is 99.5 Å². The molecule has 0 aliphatic carbocycles. The van der Waals surface area contributed by atoms with Gasteiger partial charge in [0.2, 0.25) is 11.8 Å². The minimum atomic E-state index is -0.774. The van der Waals surface area contributed by atoms with Gasteiger partial charge in [-0.3, -0.25) is 14.4 Å². The number of hydrogen-bond donors (Lipinski definition) is 0. The van der Waals surface area contributed by atoms with Crippen LogP contribution in [0.2, 0.25) is 0 Å². The Bertz CT molecular complexity index is 1430. The summed E-state index contributed by atoms with van der Waals surface area (Å²) in [6.45, 7) is 3.89. The van der Waals surface area contributed by atoms with Gasteiger partial charge in [0.1, 0.15) is 6.04 Å². The van der Waals surface area contributed by atoms with E-state index in [1.165, 1.54) is 4.90 Å². The van der Waals surface area contributed by atoms with Gasteiger partial charge >= 0.3 is 0 Å². The first-order valence-corrected chi connectivity index (χ1v) is 12.5. The lowest BCUT2D eigenvalue weighted by molar-refractivity contribution is -0.122. The molecule has 3 aliphatic heterocycles. The molecular formula is C29H23BrN2O3. The molecule has 35 heavy (non-hydrogen) atoms. The first-order valence-electron chi connectivity index (χ1n) is 11.7. The van der Waals surface area contributed by atoms with Crippen LogP contribution in [0.15, 0.2) is 77.3 Å². The molecule has 6 rings (SSSR count). The zero-order valence-electron chi connectivity index (χ0n) is 19.3. The van der Waals surface area contributed by atoms with Crippen molar-refractivity contribution in [3.63, 3.8) is 0 Å². The third-order valence-corrected chi connectivity index (χ3v) is 7.93. The number of hydrogen-bond acceptors (Lipinski definition) is 4. The van der Waals surface area contributed by atoms with Crippen LogP contribution in [-0.4, -0.2) is 29.7 Å². The van der Waals surface area contributed by atoms with Crippen LogP contribution in [0, 0.1) is 25.7 Å². The minimum Gasteiger partial charge on any atom is -0.352 e. The van der Waals surface area contributed by atoms with Crippen LogP contribution in [0.4, 0.5) is 11.4 Å². The summed E-state index contributed by atoms with van der Waals surface area (Å²) in [5, 5.41) is 0. The fraction of sp³-hybridized carbons (Fsp3) is 0.207. The molecule has 0 aromatic heterocycles. The number of ketones is 1. The van der Waals surface area contributed by atoms with Crippen LogP contribution in [0.5, 0.6) is 0 Å². The lowest BCUT2D eigenvalue weighted by Crippen LogP contribution is -2.49. The summed E-state index contributed by atoms with van der Waals surface area (Å²) in [5.41, 5.74) is 4.90. The molecule has 3 aliphatic rings. The van der Waals surface area contributed by atoms with Crippen molar-refractivity contribution in [2.24, 2.45) is 11.8 Å². The Kier molecular flexibility index (Phi) is 5.04. The van der Waals surface area contributed by atoms with Crippen molar-refractivity contribution in [2.75, 3.05) is 9.80 Å². The zero-order valence-corrected chi connectivity index (χ0v) is 20.9. The second-order valence-electron chi connectivity index (χ2n) is 9.49. The number of Topliss-reactive ketones (excluding diaryl/α,β-unsaturated/α-hetero) is 1. The maximum Gasteiger partial charge on any atom is 0.240 e. The number of carbonyl (C=O) groups excluding carboxylic acids is 3. The predicted molar refractivity (Wildman–Crippen MR) is 139 cm³/mol. The number of benzene rings is 3. The molecule has 0 radical (unpaired) electrons. The molecule has 2 fully saturated rings. The largest absolute Gasteiger partial charge is 0.352 e. The van der Waals surface area contributed by atoms with Gasteiger partial charge < -0.3 is 4.90 Å². The van der Waals surface area contributed by atoms with E-state index in [1.54, 1.807) is 12.1 Å². The van der Waals surface area contributed by atoms with Gasteiger partial charge in [-0.25, -0.2) is 4.90 Å². The topological polar surface area (TPSA) is 57.7 Å². The molecule has 0 N–H and O–H groups in total. The maximum absolute atomic E-state index is 14.0. The minimum absolute atomic E-state index is 0.149. The smallest absolute Gasteiger partial charge is 0.240 e. The van der Waals surface area contributed by atoms with Gasteiger partial charge in [0, 0.05) is 15.7 Å². The Balaban J connectivity index is 1.50. The SMILES string of the molecule is Cc1ccc(N2C(=O)[C@@H]3[C@H](C2=O)[C@@H](C(=O)c2ccc(Br)cc2)N2c4ccccc4C=C[C@@H]32)c(C)c1.